The predicted octanol–water partition coefficient (Wildman–Crippen LogP) is 2.60. The number of anilines is 1. The van der Waals surface area contributed by atoms with Gasteiger partial charge in [0.2, 0.25) is 0 Å². The number of pyridine rings is 1. The maximum absolute atomic E-state index is 6.16. The van der Waals surface area contributed by atoms with Gasteiger partial charge in [-0.1, -0.05) is 6.07 Å². The summed E-state index contributed by atoms with van der Waals surface area (Å²) in [6, 6.07) is 9.58. The van der Waals surface area contributed by atoms with Crippen molar-refractivity contribution < 1.29 is 0 Å². The van der Waals surface area contributed by atoms with E-state index < -0.39 is 0 Å². The van der Waals surface area contributed by atoms with Crippen LogP contribution < -0.4 is 11.5 Å². The number of hydrogen-bond acceptors (Lipinski definition) is 3. The van der Waals surface area contributed by atoms with Gasteiger partial charge in [0.15, 0.2) is 0 Å². The molecule has 0 radical (unpaired) electrons. The highest BCUT2D eigenvalue weighted by molar-refractivity contribution is 5.97. The third-order valence-corrected chi connectivity index (χ3v) is 3.02. The van der Waals surface area contributed by atoms with Crippen LogP contribution in [0.15, 0.2) is 48.9 Å². The molecule has 94 valence electrons. The van der Waals surface area contributed by atoms with E-state index >= 15 is 0 Å². The molecule has 4 nitrogen and oxygen atoms in total. The van der Waals surface area contributed by atoms with Gasteiger partial charge in [0.25, 0.3) is 0 Å². The second kappa shape index (κ2) is 4.49. The lowest BCUT2D eigenvalue weighted by atomic mass is 10.1. The van der Waals surface area contributed by atoms with Crippen molar-refractivity contribution >= 4 is 28.4 Å². The van der Waals surface area contributed by atoms with Gasteiger partial charge in [-0.3, -0.25) is 4.98 Å². The molecule has 0 atom stereocenters. The number of fused-ring (bicyclic) bond motifs is 1. The van der Waals surface area contributed by atoms with E-state index in [-0.39, 0.29) is 0 Å². The Morgan fingerprint density at radius 3 is 2.95 bits per heavy atom. The number of aromatic amines is 1. The molecule has 0 aliphatic carbocycles. The minimum absolute atomic E-state index is 0.685. The number of hydrogen-bond donors (Lipinski definition) is 3. The number of aromatic nitrogens is 2. The zero-order chi connectivity index (χ0) is 13.2. The van der Waals surface area contributed by atoms with Gasteiger partial charge in [0, 0.05) is 46.4 Å². The van der Waals surface area contributed by atoms with Gasteiger partial charge in [-0.15, -0.1) is 0 Å². The molecular weight excluding hydrogens is 236 g/mol. The maximum Gasteiger partial charge on any atom is 0.0462 e. The predicted molar refractivity (Wildman–Crippen MR) is 79.0 cm³/mol. The maximum atomic E-state index is 6.16. The molecule has 2 aromatic heterocycles. The quantitative estimate of drug-likeness (QED) is 0.611. The normalized spacial score (nSPS) is 11.9. The van der Waals surface area contributed by atoms with Crippen LogP contribution in [-0.4, -0.2) is 9.97 Å². The van der Waals surface area contributed by atoms with E-state index in [2.05, 4.69) is 9.97 Å². The lowest BCUT2D eigenvalue weighted by Gasteiger charge is -2.01. The number of benzene rings is 1. The van der Waals surface area contributed by atoms with Crippen LogP contribution >= 0.6 is 0 Å². The third kappa shape index (κ3) is 2.15. The summed E-state index contributed by atoms with van der Waals surface area (Å²) >= 11 is 0. The highest BCUT2D eigenvalue weighted by Gasteiger charge is 2.06. The Kier molecular flexibility index (Phi) is 2.68. The van der Waals surface area contributed by atoms with Gasteiger partial charge in [-0.2, -0.15) is 0 Å². The van der Waals surface area contributed by atoms with Crippen molar-refractivity contribution in [3.8, 4) is 0 Å². The Labute approximate surface area is 110 Å². The first-order valence-electron chi connectivity index (χ1n) is 5.98. The van der Waals surface area contributed by atoms with Gasteiger partial charge in [-0.25, -0.2) is 0 Å². The molecule has 0 amide bonds. The van der Waals surface area contributed by atoms with Gasteiger partial charge in [-0.05, 0) is 35.9 Å². The highest BCUT2D eigenvalue weighted by atomic mass is 14.7. The smallest absolute Gasteiger partial charge is 0.0462 e. The molecule has 3 rings (SSSR count). The second-order valence-electron chi connectivity index (χ2n) is 4.39. The van der Waals surface area contributed by atoms with Crippen LogP contribution in [0.25, 0.3) is 22.7 Å². The first-order valence-corrected chi connectivity index (χ1v) is 5.98. The fourth-order valence-corrected chi connectivity index (χ4v) is 2.10. The summed E-state index contributed by atoms with van der Waals surface area (Å²) in [5.41, 5.74) is 16.3. The Bertz CT molecular complexity index is 741. The minimum atomic E-state index is 0.685. The van der Waals surface area contributed by atoms with Crippen LogP contribution in [0.5, 0.6) is 0 Å². The fourth-order valence-electron chi connectivity index (χ4n) is 2.10. The Hall–Kier alpha value is -2.75. The van der Waals surface area contributed by atoms with E-state index in [4.69, 9.17) is 11.5 Å². The van der Waals surface area contributed by atoms with Gasteiger partial charge in [0.05, 0.1) is 0 Å². The standard InChI is InChI=1S/C15H14N4/c16-11-3-4-15-12(7-11)13(9-19-15)14(17)6-10-2-1-5-18-8-10/h1-9,19H,16-17H2/b14-6-. The van der Waals surface area contributed by atoms with E-state index in [0.29, 0.717) is 5.70 Å². The summed E-state index contributed by atoms with van der Waals surface area (Å²) in [5, 5.41) is 1.03. The van der Waals surface area contributed by atoms with Gasteiger partial charge < -0.3 is 16.5 Å². The molecule has 0 saturated carbocycles. The SMILES string of the molecule is N/C(=C\c1cccnc1)c1c[nH]c2ccc(N)cc12. The van der Waals surface area contributed by atoms with E-state index in [9.17, 15) is 0 Å². The number of nitrogens with two attached hydrogens (primary N) is 2. The van der Waals surface area contributed by atoms with Crippen LogP contribution in [-0.2, 0) is 0 Å². The Morgan fingerprint density at radius 2 is 2.16 bits per heavy atom. The first-order chi connectivity index (χ1) is 9.24. The molecule has 0 aliphatic rings. The van der Waals surface area contributed by atoms with E-state index in [1.54, 1.807) is 12.4 Å². The molecule has 0 fully saturated rings. The second-order valence-corrected chi connectivity index (χ2v) is 4.39. The van der Waals surface area contributed by atoms with Crippen molar-refractivity contribution in [3.05, 3.63) is 60.0 Å². The van der Waals surface area contributed by atoms with Crippen LogP contribution in [0.2, 0.25) is 0 Å². The van der Waals surface area contributed by atoms with Gasteiger partial charge >= 0.3 is 0 Å². The van der Waals surface area contributed by atoms with Crippen LogP contribution in [0, 0.1) is 0 Å². The minimum Gasteiger partial charge on any atom is -0.399 e. The topological polar surface area (TPSA) is 80.7 Å². The molecule has 0 spiro atoms. The average molecular weight is 250 g/mol. The van der Waals surface area contributed by atoms with Crippen molar-refractivity contribution in [2.45, 2.75) is 0 Å². The molecular formula is C15H14N4. The largest absolute Gasteiger partial charge is 0.399 e. The van der Waals surface area contributed by atoms with Crippen molar-refractivity contribution in [1.29, 1.82) is 0 Å². The molecule has 0 saturated heterocycles. The zero-order valence-corrected chi connectivity index (χ0v) is 10.3. The number of nitrogens with one attached hydrogen (secondary N) is 1. The third-order valence-electron chi connectivity index (χ3n) is 3.02. The van der Waals surface area contributed by atoms with Crippen LogP contribution in [0.3, 0.4) is 0 Å². The van der Waals surface area contributed by atoms with Crippen LogP contribution in [0.1, 0.15) is 11.1 Å². The monoisotopic (exact) mass is 250 g/mol. The number of H-pyrrole nitrogens is 1. The molecule has 4 heteroatoms. The molecule has 5 N–H and O–H groups in total. The number of nitrogens with zero attached hydrogens (tertiary/aromatic N) is 1. The fraction of sp³-hybridized carbons (Fsp3) is 0. The summed E-state index contributed by atoms with van der Waals surface area (Å²) in [7, 11) is 0. The summed E-state index contributed by atoms with van der Waals surface area (Å²) in [4.78, 5) is 7.26. The van der Waals surface area contributed by atoms with E-state index in [1.165, 1.54) is 0 Å². The zero-order valence-electron chi connectivity index (χ0n) is 10.3. The molecule has 19 heavy (non-hydrogen) atoms. The van der Waals surface area contributed by atoms with Crippen LogP contribution in [0.4, 0.5) is 5.69 Å². The summed E-state index contributed by atoms with van der Waals surface area (Å²) < 4.78 is 0. The molecule has 0 aliphatic heterocycles. The molecule has 0 bridgehead atoms. The van der Waals surface area contributed by atoms with Crippen molar-refractivity contribution in [2.24, 2.45) is 5.73 Å². The summed E-state index contributed by atoms with van der Waals surface area (Å²) in [5.74, 6) is 0. The summed E-state index contributed by atoms with van der Waals surface area (Å²) in [6.45, 7) is 0. The summed E-state index contributed by atoms with van der Waals surface area (Å²) in [6.07, 6.45) is 7.31. The number of nitrogen functional groups attached to an aromatic ring is 1. The molecule has 3 aromatic rings. The lowest BCUT2D eigenvalue weighted by molar-refractivity contribution is 1.32. The molecule has 0 unspecified atom stereocenters. The van der Waals surface area contributed by atoms with E-state index in [1.807, 2.05) is 42.6 Å². The van der Waals surface area contributed by atoms with E-state index in [0.717, 1.165) is 27.7 Å². The first kappa shape index (κ1) is 11.3. The van der Waals surface area contributed by atoms with Crippen molar-refractivity contribution in [2.75, 3.05) is 5.73 Å². The highest BCUT2D eigenvalue weighted by Crippen LogP contribution is 2.25. The average Bonchev–Trinajstić information content (AvgIpc) is 2.82. The number of rotatable bonds is 2. The van der Waals surface area contributed by atoms with Crippen molar-refractivity contribution in [3.63, 3.8) is 0 Å². The Balaban J connectivity index is 2.09. The molecule has 1 aromatic carbocycles. The van der Waals surface area contributed by atoms with Crippen molar-refractivity contribution in [1.82, 2.24) is 9.97 Å². The lowest BCUT2D eigenvalue weighted by Crippen LogP contribution is -1.95. The van der Waals surface area contributed by atoms with Gasteiger partial charge in [0.1, 0.15) is 0 Å². The molecule has 2 heterocycles. The Morgan fingerprint density at radius 1 is 1.26 bits per heavy atom.